The molecule has 1 saturated heterocycles. The SMILES string of the molecule is C=NC=CN(CC)c1c[nH]n(-c2cc(N3CCCCC3)ncn2)c1=O. The fourth-order valence-electron chi connectivity index (χ4n) is 2.98. The Balaban J connectivity index is 1.91. The van der Waals surface area contributed by atoms with Crippen LogP contribution in [0.5, 0.6) is 0 Å². The van der Waals surface area contributed by atoms with Crippen molar-refractivity contribution >= 4 is 18.2 Å². The Morgan fingerprint density at radius 2 is 2.08 bits per heavy atom. The maximum atomic E-state index is 12.8. The number of hydrogen-bond donors (Lipinski definition) is 1. The summed E-state index contributed by atoms with van der Waals surface area (Å²) >= 11 is 0. The van der Waals surface area contributed by atoms with E-state index >= 15 is 0 Å². The van der Waals surface area contributed by atoms with Gasteiger partial charge in [-0.05, 0) is 32.9 Å². The number of rotatable bonds is 6. The van der Waals surface area contributed by atoms with Gasteiger partial charge in [0.1, 0.15) is 17.8 Å². The van der Waals surface area contributed by atoms with E-state index in [1.54, 1.807) is 23.5 Å². The van der Waals surface area contributed by atoms with Gasteiger partial charge in [0.15, 0.2) is 5.82 Å². The Kier molecular flexibility index (Phi) is 5.27. The van der Waals surface area contributed by atoms with Gasteiger partial charge in [-0.3, -0.25) is 14.9 Å². The highest BCUT2D eigenvalue weighted by molar-refractivity contribution is 5.49. The lowest BCUT2D eigenvalue weighted by molar-refractivity contribution is 0.572. The highest BCUT2D eigenvalue weighted by atomic mass is 16.1. The molecule has 0 amide bonds. The summed E-state index contributed by atoms with van der Waals surface area (Å²) in [4.78, 5) is 29.1. The smallest absolute Gasteiger partial charge is 0.296 e. The minimum atomic E-state index is -0.168. The van der Waals surface area contributed by atoms with E-state index in [2.05, 4.69) is 31.7 Å². The van der Waals surface area contributed by atoms with Crippen LogP contribution in [0.15, 0.2) is 40.8 Å². The summed E-state index contributed by atoms with van der Waals surface area (Å²) in [5, 5.41) is 2.99. The molecule has 0 saturated carbocycles. The summed E-state index contributed by atoms with van der Waals surface area (Å²) in [5.74, 6) is 1.39. The molecule has 1 fully saturated rings. The molecule has 0 spiro atoms. The number of anilines is 2. The fraction of sp³-hybridized carbons (Fsp3) is 0.412. The molecule has 0 radical (unpaired) electrons. The number of piperidine rings is 1. The minimum Gasteiger partial charge on any atom is -0.356 e. The van der Waals surface area contributed by atoms with Crippen LogP contribution in [0, 0.1) is 0 Å². The molecule has 2 aromatic rings. The van der Waals surface area contributed by atoms with E-state index in [4.69, 9.17) is 0 Å². The van der Waals surface area contributed by atoms with Gasteiger partial charge in [-0.2, -0.15) is 4.68 Å². The normalized spacial score (nSPS) is 14.8. The van der Waals surface area contributed by atoms with Crippen molar-refractivity contribution in [3.05, 3.63) is 41.3 Å². The van der Waals surface area contributed by atoms with Gasteiger partial charge in [-0.1, -0.05) is 0 Å². The summed E-state index contributed by atoms with van der Waals surface area (Å²) in [6, 6.07) is 1.85. The second-order valence-electron chi connectivity index (χ2n) is 5.85. The van der Waals surface area contributed by atoms with Crippen molar-refractivity contribution in [2.75, 3.05) is 29.4 Å². The summed E-state index contributed by atoms with van der Waals surface area (Å²) < 4.78 is 1.43. The zero-order valence-electron chi connectivity index (χ0n) is 14.4. The van der Waals surface area contributed by atoms with Crippen LogP contribution in [-0.2, 0) is 0 Å². The molecule has 3 heterocycles. The van der Waals surface area contributed by atoms with Crippen LogP contribution in [0.2, 0.25) is 0 Å². The third-order valence-electron chi connectivity index (χ3n) is 4.30. The van der Waals surface area contributed by atoms with Crippen LogP contribution >= 0.6 is 0 Å². The molecule has 0 bridgehead atoms. The molecule has 3 rings (SSSR count). The molecular weight excluding hydrogens is 318 g/mol. The van der Waals surface area contributed by atoms with Crippen LogP contribution in [0.25, 0.3) is 5.82 Å². The Morgan fingerprint density at radius 3 is 2.80 bits per heavy atom. The van der Waals surface area contributed by atoms with E-state index in [-0.39, 0.29) is 5.56 Å². The zero-order chi connectivity index (χ0) is 17.6. The second kappa shape index (κ2) is 7.78. The summed E-state index contributed by atoms with van der Waals surface area (Å²) in [5.41, 5.74) is 0.361. The minimum absolute atomic E-state index is 0.168. The van der Waals surface area contributed by atoms with Crippen molar-refractivity contribution in [3.63, 3.8) is 0 Å². The first kappa shape index (κ1) is 16.9. The largest absolute Gasteiger partial charge is 0.356 e. The standard InChI is InChI=1S/C17H23N7O/c1-3-22(10-7-18-2)14-12-21-24(17(14)25)16-11-15(19-13-20-16)23-8-5-4-6-9-23/h7,10-13,21H,2-6,8-9H2,1H3. The van der Waals surface area contributed by atoms with Gasteiger partial charge in [-0.25, -0.2) is 9.97 Å². The average Bonchev–Trinajstić information content (AvgIpc) is 3.05. The van der Waals surface area contributed by atoms with E-state index < -0.39 is 0 Å². The maximum absolute atomic E-state index is 12.8. The lowest BCUT2D eigenvalue weighted by atomic mass is 10.1. The summed E-state index contributed by atoms with van der Waals surface area (Å²) in [6.07, 6.45) is 10.0. The van der Waals surface area contributed by atoms with Gasteiger partial charge in [0.25, 0.3) is 5.56 Å². The molecule has 0 aliphatic carbocycles. The Morgan fingerprint density at radius 1 is 1.32 bits per heavy atom. The van der Waals surface area contributed by atoms with E-state index in [1.807, 2.05) is 13.0 Å². The molecule has 25 heavy (non-hydrogen) atoms. The third-order valence-corrected chi connectivity index (χ3v) is 4.30. The van der Waals surface area contributed by atoms with Crippen molar-refractivity contribution in [3.8, 4) is 5.82 Å². The highest BCUT2D eigenvalue weighted by Gasteiger charge is 2.16. The summed E-state index contributed by atoms with van der Waals surface area (Å²) in [6.45, 7) is 8.00. The zero-order valence-corrected chi connectivity index (χ0v) is 14.4. The lowest BCUT2D eigenvalue weighted by Crippen LogP contribution is -2.30. The number of nitrogens with one attached hydrogen (secondary N) is 1. The van der Waals surface area contributed by atoms with Crippen molar-refractivity contribution in [1.82, 2.24) is 19.7 Å². The number of nitrogens with zero attached hydrogens (tertiary/aromatic N) is 6. The molecule has 1 aliphatic rings. The first-order chi connectivity index (χ1) is 12.2. The maximum Gasteiger partial charge on any atom is 0.296 e. The monoisotopic (exact) mass is 341 g/mol. The van der Waals surface area contributed by atoms with E-state index in [0.29, 0.717) is 18.1 Å². The average molecular weight is 341 g/mol. The molecule has 0 unspecified atom stereocenters. The first-order valence-corrected chi connectivity index (χ1v) is 8.51. The quantitative estimate of drug-likeness (QED) is 0.812. The lowest BCUT2D eigenvalue weighted by Gasteiger charge is -2.27. The van der Waals surface area contributed by atoms with Crippen molar-refractivity contribution in [1.29, 1.82) is 0 Å². The molecule has 132 valence electrons. The van der Waals surface area contributed by atoms with Gasteiger partial charge >= 0.3 is 0 Å². The molecule has 8 heteroatoms. The van der Waals surface area contributed by atoms with Crippen LogP contribution in [0.4, 0.5) is 11.5 Å². The van der Waals surface area contributed by atoms with Crippen molar-refractivity contribution in [2.24, 2.45) is 4.99 Å². The predicted octanol–water partition coefficient (Wildman–Crippen LogP) is 1.94. The van der Waals surface area contributed by atoms with Gasteiger partial charge in [0.05, 0.1) is 0 Å². The van der Waals surface area contributed by atoms with Gasteiger partial charge in [0.2, 0.25) is 0 Å². The van der Waals surface area contributed by atoms with Crippen LogP contribution in [0.1, 0.15) is 26.2 Å². The van der Waals surface area contributed by atoms with Crippen LogP contribution in [-0.4, -0.2) is 46.1 Å². The molecule has 0 aromatic carbocycles. The van der Waals surface area contributed by atoms with Crippen molar-refractivity contribution in [2.45, 2.75) is 26.2 Å². The number of H-pyrrole nitrogens is 1. The number of aromatic nitrogens is 4. The number of hydrogen-bond acceptors (Lipinski definition) is 6. The molecule has 1 aliphatic heterocycles. The first-order valence-electron chi connectivity index (χ1n) is 8.51. The van der Waals surface area contributed by atoms with E-state index in [0.717, 1.165) is 18.9 Å². The fourth-order valence-corrected chi connectivity index (χ4v) is 2.98. The summed E-state index contributed by atoms with van der Waals surface area (Å²) in [7, 11) is 0. The Hall–Kier alpha value is -2.90. The van der Waals surface area contributed by atoms with Gasteiger partial charge < -0.3 is 9.80 Å². The van der Waals surface area contributed by atoms with Crippen LogP contribution < -0.4 is 15.4 Å². The van der Waals surface area contributed by atoms with Crippen LogP contribution in [0.3, 0.4) is 0 Å². The molecule has 2 aromatic heterocycles. The van der Waals surface area contributed by atoms with Gasteiger partial charge in [0, 0.05) is 44.3 Å². The molecule has 8 nitrogen and oxygen atoms in total. The topological polar surface area (TPSA) is 82.4 Å². The van der Waals surface area contributed by atoms with E-state index in [1.165, 1.54) is 30.3 Å². The second-order valence-corrected chi connectivity index (χ2v) is 5.85. The number of aromatic amines is 1. The number of aliphatic imine (C=N–C) groups is 1. The van der Waals surface area contributed by atoms with Gasteiger partial charge in [-0.15, -0.1) is 0 Å². The third kappa shape index (κ3) is 3.62. The molecule has 1 N–H and O–H groups in total. The van der Waals surface area contributed by atoms with Crippen molar-refractivity contribution < 1.29 is 0 Å². The van der Waals surface area contributed by atoms with E-state index in [9.17, 15) is 4.79 Å². The molecular formula is C17H23N7O. The Bertz CT molecular complexity index is 801. The highest BCUT2D eigenvalue weighted by Crippen LogP contribution is 2.18. The molecule has 0 atom stereocenters. The Labute approximate surface area is 146 Å². The predicted molar refractivity (Wildman–Crippen MR) is 99.8 cm³/mol.